The van der Waals surface area contributed by atoms with Gasteiger partial charge in [-0.05, 0) is 19.3 Å². The van der Waals surface area contributed by atoms with Gasteiger partial charge in [0.05, 0.1) is 18.2 Å². The first-order chi connectivity index (χ1) is 4.22. The lowest BCUT2D eigenvalue weighted by molar-refractivity contribution is 0.0147. The first kappa shape index (κ1) is 6.99. The summed E-state index contributed by atoms with van der Waals surface area (Å²) in [7, 11) is 0. The Kier molecular flexibility index (Phi) is 2.05. The Morgan fingerprint density at radius 1 is 1.11 bits per heavy atom. The van der Waals surface area contributed by atoms with Gasteiger partial charge in [0.25, 0.3) is 0 Å². The van der Waals surface area contributed by atoms with Crippen molar-refractivity contribution in [1.82, 2.24) is 5.73 Å². The number of hydrogen-bond acceptors (Lipinski definition) is 2. The fourth-order valence-corrected chi connectivity index (χ4v) is 1.15. The highest BCUT2D eigenvalue weighted by molar-refractivity contribution is 4.83. The molecule has 3 heteroatoms. The fourth-order valence-electron chi connectivity index (χ4n) is 1.15. The van der Waals surface area contributed by atoms with Crippen LogP contribution in [0.25, 0.3) is 0 Å². The molecule has 53 valence electrons. The lowest BCUT2D eigenvalue weighted by atomic mass is 9.91. The van der Waals surface area contributed by atoms with Crippen molar-refractivity contribution in [2.45, 2.75) is 37.5 Å². The summed E-state index contributed by atoms with van der Waals surface area (Å²) in [5.41, 5.74) is 7.18. The summed E-state index contributed by atoms with van der Waals surface area (Å²) >= 11 is 0. The Morgan fingerprint density at radius 2 is 1.56 bits per heavy atom. The highest BCUT2D eigenvalue weighted by Crippen LogP contribution is 2.17. The molecule has 0 saturated heterocycles. The predicted molar refractivity (Wildman–Crippen MR) is 32.7 cm³/mol. The summed E-state index contributed by atoms with van der Waals surface area (Å²) in [5.74, 6) is 0. The van der Waals surface area contributed by atoms with Gasteiger partial charge in [0.1, 0.15) is 0 Å². The SMILES string of the molecule is [NH]C1C(O)CCCC1O. The molecule has 2 atom stereocenters. The second-order valence-corrected chi connectivity index (χ2v) is 2.59. The largest absolute Gasteiger partial charge is 0.391 e. The molecule has 0 aromatic heterocycles. The number of hydrogen-bond donors (Lipinski definition) is 2. The van der Waals surface area contributed by atoms with Gasteiger partial charge in [-0.3, -0.25) is 0 Å². The van der Waals surface area contributed by atoms with Crippen molar-refractivity contribution in [3.8, 4) is 0 Å². The van der Waals surface area contributed by atoms with Crippen molar-refractivity contribution in [3.63, 3.8) is 0 Å². The molecular formula is C6H12NO2. The fraction of sp³-hybridized carbons (Fsp3) is 1.00. The van der Waals surface area contributed by atoms with Gasteiger partial charge in [-0.2, -0.15) is 0 Å². The topological polar surface area (TPSA) is 64.3 Å². The highest BCUT2D eigenvalue weighted by atomic mass is 16.3. The summed E-state index contributed by atoms with van der Waals surface area (Å²) in [6.45, 7) is 0. The molecule has 1 radical (unpaired) electrons. The Morgan fingerprint density at radius 3 is 1.89 bits per heavy atom. The summed E-state index contributed by atoms with van der Waals surface area (Å²) in [5, 5.41) is 18.0. The molecule has 9 heavy (non-hydrogen) atoms. The van der Waals surface area contributed by atoms with E-state index in [1.807, 2.05) is 0 Å². The lowest BCUT2D eigenvalue weighted by Crippen LogP contribution is -2.42. The van der Waals surface area contributed by atoms with Crippen molar-refractivity contribution < 1.29 is 10.2 Å². The summed E-state index contributed by atoms with van der Waals surface area (Å²) in [4.78, 5) is 0. The Bertz CT molecular complexity index is 87.1. The van der Waals surface area contributed by atoms with Crippen LogP contribution in [0.5, 0.6) is 0 Å². The maximum absolute atomic E-state index is 9.00. The molecule has 0 amide bonds. The van der Waals surface area contributed by atoms with Crippen LogP contribution in [0.15, 0.2) is 0 Å². The van der Waals surface area contributed by atoms with Gasteiger partial charge in [-0.1, -0.05) is 0 Å². The van der Waals surface area contributed by atoms with E-state index in [1.54, 1.807) is 0 Å². The average Bonchev–Trinajstić information content (AvgIpc) is 1.83. The lowest BCUT2D eigenvalue weighted by Gasteiger charge is -2.27. The average molecular weight is 130 g/mol. The molecule has 0 spiro atoms. The minimum atomic E-state index is -0.668. The normalized spacial score (nSPS) is 45.0. The van der Waals surface area contributed by atoms with Gasteiger partial charge in [0, 0.05) is 0 Å². The van der Waals surface area contributed by atoms with Gasteiger partial charge in [-0.25, -0.2) is 5.73 Å². The second kappa shape index (κ2) is 2.64. The maximum Gasteiger partial charge on any atom is 0.0732 e. The van der Waals surface area contributed by atoms with Gasteiger partial charge in [0.2, 0.25) is 0 Å². The van der Waals surface area contributed by atoms with E-state index in [2.05, 4.69) is 0 Å². The number of rotatable bonds is 0. The molecule has 0 aliphatic heterocycles. The molecule has 1 saturated carbocycles. The van der Waals surface area contributed by atoms with E-state index in [-0.39, 0.29) is 0 Å². The predicted octanol–water partition coefficient (Wildman–Crippen LogP) is -0.456. The van der Waals surface area contributed by atoms with E-state index in [1.165, 1.54) is 0 Å². The van der Waals surface area contributed by atoms with Crippen LogP contribution in [-0.4, -0.2) is 28.5 Å². The number of nitrogens with one attached hydrogen (secondary N) is 1. The molecule has 2 unspecified atom stereocenters. The zero-order valence-electron chi connectivity index (χ0n) is 5.25. The third-order valence-electron chi connectivity index (χ3n) is 1.83. The molecule has 0 heterocycles. The Hall–Kier alpha value is -0.120. The second-order valence-electron chi connectivity index (χ2n) is 2.59. The van der Waals surface area contributed by atoms with Crippen LogP contribution in [0.2, 0.25) is 0 Å². The van der Waals surface area contributed by atoms with Gasteiger partial charge >= 0.3 is 0 Å². The maximum atomic E-state index is 9.00. The highest BCUT2D eigenvalue weighted by Gasteiger charge is 2.27. The van der Waals surface area contributed by atoms with Gasteiger partial charge in [0.15, 0.2) is 0 Å². The van der Waals surface area contributed by atoms with E-state index in [0.29, 0.717) is 12.8 Å². The first-order valence-corrected chi connectivity index (χ1v) is 3.29. The standard InChI is InChI=1S/C6H12NO2/c7-6-4(8)2-1-3-5(6)9/h4-9H,1-3H2. The molecule has 1 rings (SSSR count). The molecule has 1 aliphatic carbocycles. The zero-order valence-corrected chi connectivity index (χ0v) is 5.25. The molecular weight excluding hydrogens is 118 g/mol. The third-order valence-corrected chi connectivity index (χ3v) is 1.83. The summed E-state index contributed by atoms with van der Waals surface area (Å²) in [6.07, 6.45) is 0.983. The van der Waals surface area contributed by atoms with Crippen LogP contribution >= 0.6 is 0 Å². The number of aliphatic hydroxyl groups excluding tert-OH is 2. The molecule has 3 nitrogen and oxygen atoms in total. The Balaban J connectivity index is 2.41. The van der Waals surface area contributed by atoms with Crippen molar-refractivity contribution in [2.75, 3.05) is 0 Å². The van der Waals surface area contributed by atoms with E-state index in [4.69, 9.17) is 15.9 Å². The first-order valence-electron chi connectivity index (χ1n) is 3.29. The molecule has 1 fully saturated rings. The van der Waals surface area contributed by atoms with Crippen LogP contribution in [-0.2, 0) is 0 Å². The molecule has 0 bridgehead atoms. The molecule has 0 aromatic rings. The molecule has 3 N–H and O–H groups in total. The molecule has 1 aliphatic rings. The minimum Gasteiger partial charge on any atom is -0.391 e. The van der Waals surface area contributed by atoms with Crippen LogP contribution in [0.4, 0.5) is 0 Å². The quantitative estimate of drug-likeness (QED) is 0.466. The van der Waals surface area contributed by atoms with E-state index >= 15 is 0 Å². The van der Waals surface area contributed by atoms with E-state index < -0.39 is 18.2 Å². The van der Waals surface area contributed by atoms with Crippen LogP contribution < -0.4 is 5.73 Å². The smallest absolute Gasteiger partial charge is 0.0732 e. The number of aliphatic hydroxyl groups is 2. The van der Waals surface area contributed by atoms with Gasteiger partial charge < -0.3 is 10.2 Å². The van der Waals surface area contributed by atoms with Crippen LogP contribution in [0.1, 0.15) is 19.3 Å². The Labute approximate surface area is 54.5 Å². The van der Waals surface area contributed by atoms with Crippen LogP contribution in [0, 0.1) is 0 Å². The van der Waals surface area contributed by atoms with Crippen molar-refractivity contribution in [1.29, 1.82) is 0 Å². The third kappa shape index (κ3) is 1.41. The van der Waals surface area contributed by atoms with E-state index in [9.17, 15) is 0 Å². The van der Waals surface area contributed by atoms with Crippen molar-refractivity contribution in [3.05, 3.63) is 0 Å². The van der Waals surface area contributed by atoms with Crippen LogP contribution in [0.3, 0.4) is 0 Å². The summed E-state index contributed by atoms with van der Waals surface area (Å²) < 4.78 is 0. The van der Waals surface area contributed by atoms with Crippen molar-refractivity contribution >= 4 is 0 Å². The van der Waals surface area contributed by atoms with Gasteiger partial charge in [-0.15, -0.1) is 0 Å². The van der Waals surface area contributed by atoms with Crippen molar-refractivity contribution in [2.24, 2.45) is 0 Å². The monoisotopic (exact) mass is 130 g/mol. The van der Waals surface area contributed by atoms with E-state index in [0.717, 1.165) is 6.42 Å². The summed E-state index contributed by atoms with van der Waals surface area (Å²) in [6, 6.07) is -0.668. The molecule has 0 aromatic carbocycles. The zero-order chi connectivity index (χ0) is 6.85. The minimum absolute atomic E-state index is 0.603.